The summed E-state index contributed by atoms with van der Waals surface area (Å²) in [6.45, 7) is 0.382. The second-order valence-electron chi connectivity index (χ2n) is 2.72. The molecule has 0 aliphatic rings. The van der Waals surface area contributed by atoms with Gasteiger partial charge in [0.1, 0.15) is 5.75 Å². The van der Waals surface area contributed by atoms with Gasteiger partial charge in [0.25, 0.3) is 0 Å². The predicted octanol–water partition coefficient (Wildman–Crippen LogP) is 3.03. The highest BCUT2D eigenvalue weighted by molar-refractivity contribution is 9.10. The van der Waals surface area contributed by atoms with Gasteiger partial charge in [0, 0.05) is 10.9 Å². The van der Waals surface area contributed by atoms with E-state index < -0.39 is 0 Å². The molecule has 0 spiro atoms. The van der Waals surface area contributed by atoms with Crippen LogP contribution in [0.25, 0.3) is 0 Å². The second kappa shape index (κ2) is 6.04. The molecule has 0 aromatic heterocycles. The standard InChI is InChI=1S/C10H10BrClO2/c11-8-1-3-10(4-2-8)14-6-5-9(13)7-12/h1-4H,5-7H2. The Morgan fingerprint density at radius 2 is 2.00 bits per heavy atom. The molecule has 0 radical (unpaired) electrons. The summed E-state index contributed by atoms with van der Waals surface area (Å²) < 4.78 is 6.33. The normalized spacial score (nSPS) is 9.86. The van der Waals surface area contributed by atoms with Gasteiger partial charge in [-0.25, -0.2) is 0 Å². The smallest absolute Gasteiger partial charge is 0.150 e. The summed E-state index contributed by atoms with van der Waals surface area (Å²) in [6, 6.07) is 7.46. The Labute approximate surface area is 96.3 Å². The number of ketones is 1. The number of alkyl halides is 1. The summed E-state index contributed by atoms with van der Waals surface area (Å²) in [5.74, 6) is 0.823. The van der Waals surface area contributed by atoms with Crippen molar-refractivity contribution in [3.05, 3.63) is 28.7 Å². The van der Waals surface area contributed by atoms with E-state index in [9.17, 15) is 4.79 Å². The molecule has 0 bridgehead atoms. The van der Waals surface area contributed by atoms with Crippen LogP contribution in [-0.4, -0.2) is 18.3 Å². The van der Waals surface area contributed by atoms with Gasteiger partial charge >= 0.3 is 0 Å². The minimum atomic E-state index is 0.00350. The quantitative estimate of drug-likeness (QED) is 0.773. The minimum Gasteiger partial charge on any atom is -0.493 e. The molecule has 2 nitrogen and oxygen atoms in total. The van der Waals surface area contributed by atoms with Crippen LogP contribution >= 0.6 is 27.5 Å². The Hall–Kier alpha value is -0.540. The lowest BCUT2D eigenvalue weighted by molar-refractivity contribution is -0.117. The fraction of sp³-hybridized carbons (Fsp3) is 0.300. The van der Waals surface area contributed by atoms with E-state index >= 15 is 0 Å². The highest BCUT2D eigenvalue weighted by Crippen LogP contribution is 2.16. The topological polar surface area (TPSA) is 26.3 Å². The molecule has 0 saturated heterocycles. The van der Waals surface area contributed by atoms with Crippen LogP contribution in [0.3, 0.4) is 0 Å². The molecule has 1 aromatic carbocycles. The number of Topliss-reactive ketones (excluding diaryl/α,β-unsaturated/α-hetero) is 1. The van der Waals surface area contributed by atoms with Crippen molar-refractivity contribution in [1.29, 1.82) is 0 Å². The van der Waals surface area contributed by atoms with E-state index in [0.29, 0.717) is 13.0 Å². The third-order valence-electron chi connectivity index (χ3n) is 1.61. The number of hydrogen-bond donors (Lipinski definition) is 0. The average Bonchev–Trinajstić information content (AvgIpc) is 2.21. The fourth-order valence-electron chi connectivity index (χ4n) is 0.880. The monoisotopic (exact) mass is 276 g/mol. The van der Waals surface area contributed by atoms with Gasteiger partial charge in [0.2, 0.25) is 0 Å². The maximum Gasteiger partial charge on any atom is 0.150 e. The van der Waals surface area contributed by atoms with Crippen molar-refractivity contribution in [2.45, 2.75) is 6.42 Å². The SMILES string of the molecule is O=C(CCl)CCOc1ccc(Br)cc1. The zero-order valence-corrected chi connectivity index (χ0v) is 9.85. The van der Waals surface area contributed by atoms with Crippen molar-refractivity contribution in [3.63, 3.8) is 0 Å². The number of rotatable bonds is 5. The van der Waals surface area contributed by atoms with Crippen LogP contribution in [0, 0.1) is 0 Å². The predicted molar refractivity (Wildman–Crippen MR) is 60.0 cm³/mol. The van der Waals surface area contributed by atoms with Gasteiger partial charge in [0.15, 0.2) is 5.78 Å². The number of halogens is 2. The fourth-order valence-corrected chi connectivity index (χ4v) is 1.28. The molecule has 0 unspecified atom stereocenters. The van der Waals surface area contributed by atoms with Gasteiger partial charge in [0.05, 0.1) is 12.5 Å². The molecule has 1 rings (SSSR count). The molecule has 0 aliphatic carbocycles. The van der Waals surface area contributed by atoms with Gasteiger partial charge in [-0.1, -0.05) is 15.9 Å². The van der Waals surface area contributed by atoms with Crippen molar-refractivity contribution in [1.82, 2.24) is 0 Å². The van der Waals surface area contributed by atoms with Crippen LogP contribution in [0.1, 0.15) is 6.42 Å². The molecule has 0 atom stereocenters. The largest absolute Gasteiger partial charge is 0.493 e. The van der Waals surface area contributed by atoms with E-state index in [-0.39, 0.29) is 11.7 Å². The molecule has 0 saturated carbocycles. The molecule has 0 heterocycles. The van der Waals surface area contributed by atoms with Crippen molar-refractivity contribution in [2.75, 3.05) is 12.5 Å². The molecular weight excluding hydrogens is 267 g/mol. The third-order valence-corrected chi connectivity index (χ3v) is 2.44. The van der Waals surface area contributed by atoms with Gasteiger partial charge in [-0.2, -0.15) is 0 Å². The summed E-state index contributed by atoms with van der Waals surface area (Å²) >= 11 is 8.66. The van der Waals surface area contributed by atoms with Crippen LogP contribution in [-0.2, 0) is 4.79 Å². The number of benzene rings is 1. The van der Waals surface area contributed by atoms with Gasteiger partial charge in [-0.05, 0) is 24.3 Å². The summed E-state index contributed by atoms with van der Waals surface area (Å²) in [4.78, 5) is 10.8. The second-order valence-corrected chi connectivity index (χ2v) is 3.91. The average molecular weight is 278 g/mol. The van der Waals surface area contributed by atoms with Gasteiger partial charge < -0.3 is 4.74 Å². The Kier molecular flexibility index (Phi) is 4.98. The molecule has 0 N–H and O–H groups in total. The van der Waals surface area contributed by atoms with E-state index in [4.69, 9.17) is 16.3 Å². The van der Waals surface area contributed by atoms with Crippen LogP contribution in [0.15, 0.2) is 28.7 Å². The van der Waals surface area contributed by atoms with E-state index in [1.54, 1.807) is 0 Å². The Balaban J connectivity index is 2.31. The van der Waals surface area contributed by atoms with Crippen molar-refractivity contribution < 1.29 is 9.53 Å². The van der Waals surface area contributed by atoms with Crippen molar-refractivity contribution >= 4 is 33.3 Å². The highest BCUT2D eigenvalue weighted by atomic mass is 79.9. The van der Waals surface area contributed by atoms with Crippen molar-refractivity contribution in [2.24, 2.45) is 0 Å². The lowest BCUT2D eigenvalue weighted by Gasteiger charge is -2.04. The molecule has 0 fully saturated rings. The van der Waals surface area contributed by atoms with E-state index in [1.165, 1.54) is 0 Å². The molecule has 1 aromatic rings. The summed E-state index contributed by atoms with van der Waals surface area (Å²) in [7, 11) is 0. The molecule has 0 aliphatic heterocycles. The number of carbonyl (C=O) groups is 1. The van der Waals surface area contributed by atoms with E-state index in [2.05, 4.69) is 15.9 Å². The molecule has 14 heavy (non-hydrogen) atoms. The minimum absolute atomic E-state index is 0.00350. The van der Waals surface area contributed by atoms with Crippen LogP contribution < -0.4 is 4.74 Å². The number of ether oxygens (including phenoxy) is 1. The Morgan fingerprint density at radius 1 is 1.36 bits per heavy atom. The Morgan fingerprint density at radius 3 is 2.57 bits per heavy atom. The first-order chi connectivity index (χ1) is 6.72. The lowest BCUT2D eigenvalue weighted by Crippen LogP contribution is -2.06. The summed E-state index contributed by atoms with van der Waals surface area (Å²) in [5, 5.41) is 0. The summed E-state index contributed by atoms with van der Waals surface area (Å²) in [6.07, 6.45) is 0.361. The zero-order chi connectivity index (χ0) is 10.4. The molecule has 76 valence electrons. The maximum atomic E-state index is 10.8. The molecule has 0 amide bonds. The maximum absolute atomic E-state index is 10.8. The number of hydrogen-bond acceptors (Lipinski definition) is 2. The number of carbonyl (C=O) groups excluding carboxylic acids is 1. The first-order valence-corrected chi connectivity index (χ1v) is 5.51. The lowest BCUT2D eigenvalue weighted by atomic mass is 10.3. The van der Waals surface area contributed by atoms with E-state index in [0.717, 1.165) is 10.2 Å². The van der Waals surface area contributed by atoms with Crippen molar-refractivity contribution in [3.8, 4) is 5.75 Å². The summed E-state index contributed by atoms with van der Waals surface area (Å²) in [5.41, 5.74) is 0. The first-order valence-electron chi connectivity index (χ1n) is 4.18. The first kappa shape index (κ1) is 11.5. The zero-order valence-electron chi connectivity index (χ0n) is 7.50. The van der Waals surface area contributed by atoms with Crippen LogP contribution in [0.4, 0.5) is 0 Å². The van der Waals surface area contributed by atoms with E-state index in [1.807, 2.05) is 24.3 Å². The third kappa shape index (κ3) is 4.11. The van der Waals surface area contributed by atoms with Gasteiger partial charge in [-0.15, -0.1) is 11.6 Å². The van der Waals surface area contributed by atoms with Crippen LogP contribution in [0.5, 0.6) is 5.75 Å². The molecule has 4 heteroatoms. The Bertz CT molecular complexity index is 297. The van der Waals surface area contributed by atoms with Crippen LogP contribution in [0.2, 0.25) is 0 Å². The molecular formula is C10H10BrClO2. The van der Waals surface area contributed by atoms with Gasteiger partial charge in [-0.3, -0.25) is 4.79 Å². The highest BCUT2D eigenvalue weighted by Gasteiger charge is 1.99.